The molecule has 0 aliphatic carbocycles. The molecule has 1 unspecified atom stereocenters. The molecule has 1 aromatic carbocycles. The summed E-state index contributed by atoms with van der Waals surface area (Å²) in [4.78, 5) is 26.0. The van der Waals surface area contributed by atoms with Crippen LogP contribution in [0.4, 0.5) is 5.00 Å². The molecule has 1 atom stereocenters. The van der Waals surface area contributed by atoms with Gasteiger partial charge in [-0.25, -0.2) is 4.79 Å². The molecule has 182 valence electrons. The number of carbonyl (C=O) groups is 2. The van der Waals surface area contributed by atoms with Gasteiger partial charge in [-0.1, -0.05) is 30.8 Å². The van der Waals surface area contributed by atoms with E-state index in [1.165, 1.54) is 30.2 Å². The molecule has 0 fully saturated rings. The van der Waals surface area contributed by atoms with Crippen LogP contribution in [-0.4, -0.2) is 39.5 Å². The summed E-state index contributed by atoms with van der Waals surface area (Å²) in [6.07, 6.45) is 0.379. The molecule has 2 aromatic heterocycles. The third-order valence-electron chi connectivity index (χ3n) is 5.27. The molecule has 3 aromatic rings. The highest BCUT2D eigenvalue weighted by atomic mass is 32.2. The number of benzene rings is 1. The Morgan fingerprint density at radius 1 is 1.24 bits per heavy atom. The van der Waals surface area contributed by atoms with Crippen molar-refractivity contribution in [3.05, 3.63) is 51.7 Å². The van der Waals surface area contributed by atoms with E-state index in [0.717, 1.165) is 21.8 Å². The summed E-state index contributed by atoms with van der Waals surface area (Å²) in [6.45, 7) is 10.5. The largest absolute Gasteiger partial charge is 0.483 e. The van der Waals surface area contributed by atoms with Crippen molar-refractivity contribution in [1.29, 1.82) is 0 Å². The zero-order valence-corrected chi connectivity index (χ0v) is 21.9. The number of anilines is 1. The number of nitrogens with one attached hydrogen (secondary N) is 1. The Bertz CT molecular complexity index is 1170. The van der Waals surface area contributed by atoms with Crippen LogP contribution in [0.1, 0.15) is 59.1 Å². The number of thioether (sulfide) groups is 1. The number of rotatable bonds is 10. The minimum absolute atomic E-state index is 0.129. The fourth-order valence-corrected chi connectivity index (χ4v) is 5.61. The molecule has 1 amide bonds. The van der Waals surface area contributed by atoms with Crippen molar-refractivity contribution >= 4 is 40.0 Å². The van der Waals surface area contributed by atoms with Crippen LogP contribution < -0.4 is 10.1 Å². The van der Waals surface area contributed by atoms with Crippen LogP contribution in [0, 0.1) is 13.8 Å². The molecule has 3 rings (SSSR count). The average molecular weight is 503 g/mol. The Morgan fingerprint density at radius 3 is 2.65 bits per heavy atom. The van der Waals surface area contributed by atoms with Gasteiger partial charge in [-0.05, 0) is 57.4 Å². The number of nitrogens with zero attached hydrogens (tertiary/aromatic N) is 3. The van der Waals surface area contributed by atoms with E-state index in [1.807, 2.05) is 63.5 Å². The smallest absolute Gasteiger partial charge is 0.341 e. The van der Waals surface area contributed by atoms with Crippen molar-refractivity contribution in [1.82, 2.24) is 14.8 Å². The number of aromatic nitrogens is 3. The van der Waals surface area contributed by atoms with Gasteiger partial charge in [-0.15, -0.1) is 21.5 Å². The lowest BCUT2D eigenvalue weighted by molar-refractivity contribution is -0.113. The number of carbonyl (C=O) groups excluding carboxylic acids is 2. The lowest BCUT2D eigenvalue weighted by atomic mass is 10.1. The average Bonchev–Trinajstić information content (AvgIpc) is 3.36. The van der Waals surface area contributed by atoms with Crippen molar-refractivity contribution in [2.45, 2.75) is 58.8 Å². The molecule has 0 aliphatic rings. The lowest BCUT2D eigenvalue weighted by Crippen LogP contribution is -2.17. The van der Waals surface area contributed by atoms with E-state index in [2.05, 4.69) is 15.5 Å². The first-order valence-corrected chi connectivity index (χ1v) is 12.9. The molecule has 0 radical (unpaired) electrons. The fraction of sp³-hybridized carbons (Fsp3) is 0.417. The summed E-state index contributed by atoms with van der Waals surface area (Å²) in [5, 5.41) is 12.6. The van der Waals surface area contributed by atoms with E-state index >= 15 is 0 Å². The maximum absolute atomic E-state index is 12.7. The molecule has 0 saturated heterocycles. The van der Waals surface area contributed by atoms with Crippen molar-refractivity contribution < 1.29 is 19.1 Å². The van der Waals surface area contributed by atoms with Gasteiger partial charge >= 0.3 is 5.97 Å². The van der Waals surface area contributed by atoms with Gasteiger partial charge in [-0.3, -0.25) is 4.79 Å². The van der Waals surface area contributed by atoms with E-state index < -0.39 is 5.97 Å². The molecule has 0 aliphatic heterocycles. The van der Waals surface area contributed by atoms with E-state index in [-0.39, 0.29) is 17.8 Å². The van der Waals surface area contributed by atoms with Gasteiger partial charge in [-0.2, -0.15) is 0 Å². The number of thiophene rings is 1. The Hall–Kier alpha value is -2.85. The zero-order chi connectivity index (χ0) is 24.8. The van der Waals surface area contributed by atoms with Gasteiger partial charge in [0.15, 0.2) is 17.1 Å². The number of ether oxygens (including phenoxy) is 2. The third kappa shape index (κ3) is 5.79. The molecular formula is C24H30N4O4S2. The normalized spacial score (nSPS) is 11.8. The Kier molecular flexibility index (Phi) is 8.73. The van der Waals surface area contributed by atoms with Crippen LogP contribution >= 0.6 is 23.1 Å². The predicted molar refractivity (Wildman–Crippen MR) is 135 cm³/mol. The number of hydrogen-bond acceptors (Lipinski definition) is 8. The molecule has 0 spiro atoms. The fourth-order valence-electron chi connectivity index (χ4n) is 3.65. The van der Waals surface area contributed by atoms with Gasteiger partial charge in [0, 0.05) is 11.4 Å². The second kappa shape index (κ2) is 11.5. The van der Waals surface area contributed by atoms with E-state index in [1.54, 1.807) is 0 Å². The van der Waals surface area contributed by atoms with Crippen LogP contribution in [0.5, 0.6) is 5.75 Å². The van der Waals surface area contributed by atoms with Gasteiger partial charge < -0.3 is 19.4 Å². The van der Waals surface area contributed by atoms with Crippen LogP contribution in [0.25, 0.3) is 0 Å². The second-order valence-electron chi connectivity index (χ2n) is 7.68. The topological polar surface area (TPSA) is 95.3 Å². The highest BCUT2D eigenvalue weighted by Crippen LogP contribution is 2.34. The number of esters is 1. The molecular weight excluding hydrogens is 472 g/mol. The van der Waals surface area contributed by atoms with Crippen LogP contribution in [0.3, 0.4) is 0 Å². The number of hydrogen-bond donors (Lipinski definition) is 1. The molecule has 0 bridgehead atoms. The Balaban J connectivity index is 1.69. The molecule has 2 heterocycles. The van der Waals surface area contributed by atoms with Gasteiger partial charge in [0.05, 0.1) is 18.4 Å². The molecule has 10 heteroatoms. The second-order valence-corrected chi connectivity index (χ2v) is 9.85. The first-order chi connectivity index (χ1) is 16.3. The third-order valence-corrected chi connectivity index (χ3v) is 7.29. The minimum Gasteiger partial charge on any atom is -0.483 e. The summed E-state index contributed by atoms with van der Waals surface area (Å²) < 4.78 is 12.9. The predicted octanol–water partition coefficient (Wildman–Crippen LogP) is 5.20. The number of amides is 1. The highest BCUT2D eigenvalue weighted by molar-refractivity contribution is 7.99. The van der Waals surface area contributed by atoms with E-state index in [0.29, 0.717) is 34.5 Å². The van der Waals surface area contributed by atoms with Crippen molar-refractivity contribution in [2.75, 3.05) is 18.2 Å². The molecule has 0 saturated carbocycles. The quantitative estimate of drug-likeness (QED) is 0.301. The summed E-state index contributed by atoms with van der Waals surface area (Å²) in [6, 6.07) is 7.85. The Morgan fingerprint density at radius 2 is 2.00 bits per heavy atom. The molecule has 34 heavy (non-hydrogen) atoms. The summed E-state index contributed by atoms with van der Waals surface area (Å²) in [5.41, 5.74) is 2.45. The first-order valence-electron chi connectivity index (χ1n) is 11.1. The van der Waals surface area contributed by atoms with Crippen LogP contribution in [0.15, 0.2) is 29.4 Å². The monoisotopic (exact) mass is 502 g/mol. The van der Waals surface area contributed by atoms with E-state index in [9.17, 15) is 9.59 Å². The van der Waals surface area contributed by atoms with E-state index in [4.69, 9.17) is 9.47 Å². The SMILES string of the molecule is CCc1c(C)sc(NC(=O)CSc2nnc(C(C)Oc3cccc(C)c3)n2CC)c1C(=O)OC. The molecule has 1 N–H and O–H groups in total. The maximum Gasteiger partial charge on any atom is 0.341 e. The summed E-state index contributed by atoms with van der Waals surface area (Å²) in [5.74, 6) is 0.925. The Labute approximate surface area is 208 Å². The van der Waals surface area contributed by atoms with Crippen molar-refractivity contribution in [2.24, 2.45) is 0 Å². The van der Waals surface area contributed by atoms with Crippen molar-refractivity contribution in [3.8, 4) is 5.75 Å². The van der Waals surface area contributed by atoms with Crippen molar-refractivity contribution in [3.63, 3.8) is 0 Å². The van der Waals surface area contributed by atoms with Gasteiger partial charge in [0.25, 0.3) is 0 Å². The maximum atomic E-state index is 12.7. The summed E-state index contributed by atoms with van der Waals surface area (Å²) >= 11 is 2.68. The lowest BCUT2D eigenvalue weighted by Gasteiger charge is -2.16. The summed E-state index contributed by atoms with van der Waals surface area (Å²) in [7, 11) is 1.34. The van der Waals surface area contributed by atoms with Gasteiger partial charge in [0.1, 0.15) is 10.8 Å². The van der Waals surface area contributed by atoms with Gasteiger partial charge in [0.2, 0.25) is 5.91 Å². The minimum atomic E-state index is -0.442. The number of methoxy groups -OCH3 is 1. The molecule has 8 nitrogen and oxygen atoms in total. The highest BCUT2D eigenvalue weighted by Gasteiger charge is 2.24. The zero-order valence-electron chi connectivity index (χ0n) is 20.3. The first kappa shape index (κ1) is 25.8. The number of aryl methyl sites for hydroxylation is 2. The standard InChI is InChI=1S/C24H30N4O4S2/c1-7-18-16(5)34-22(20(18)23(30)31-6)25-19(29)13-33-24-27-26-21(28(24)8-2)15(4)32-17-11-9-10-14(3)12-17/h9-12,15H,7-8,13H2,1-6H3,(H,25,29). The van der Waals surface area contributed by atoms with Crippen LogP contribution in [-0.2, 0) is 22.5 Å². The van der Waals surface area contributed by atoms with Crippen LogP contribution in [0.2, 0.25) is 0 Å².